The summed E-state index contributed by atoms with van der Waals surface area (Å²) in [7, 11) is -4.19. The van der Waals surface area contributed by atoms with Gasteiger partial charge >= 0.3 is 13.7 Å². The maximum Gasteiger partial charge on any atom is 0.459 e. The van der Waals surface area contributed by atoms with Gasteiger partial charge in [-0.2, -0.15) is 5.09 Å². The molecule has 0 radical (unpaired) electrons. The van der Waals surface area contributed by atoms with Crippen LogP contribution in [-0.2, 0) is 18.6 Å². The van der Waals surface area contributed by atoms with Crippen molar-refractivity contribution >= 4 is 30.7 Å². The topological polar surface area (TPSA) is 164 Å². The third-order valence-electron chi connectivity index (χ3n) is 6.48. The Labute approximate surface area is 219 Å². The predicted molar refractivity (Wildman–Crippen MR) is 137 cm³/mol. The largest absolute Gasteiger partial charge is 0.462 e. The molecule has 206 valence electrons. The van der Waals surface area contributed by atoms with Gasteiger partial charge in [-0.15, -0.1) is 0 Å². The SMILES string of the molecule is CC(C)OC(=O)[C@H](C)N[P@](=O)(OC[C@H]1[C@H](C)[C@@H](n2cnc3c(N)ncnc32)[C@H](F)[C@@H]1O)Oc1ccccc1. The van der Waals surface area contributed by atoms with E-state index in [2.05, 4.69) is 20.0 Å². The summed E-state index contributed by atoms with van der Waals surface area (Å²) < 4.78 is 47.3. The van der Waals surface area contributed by atoms with Crippen molar-refractivity contribution in [1.29, 1.82) is 0 Å². The van der Waals surface area contributed by atoms with Crippen LogP contribution in [0.5, 0.6) is 5.75 Å². The quantitative estimate of drug-likeness (QED) is 0.251. The highest BCUT2D eigenvalue weighted by molar-refractivity contribution is 7.52. The van der Waals surface area contributed by atoms with Gasteiger partial charge < -0.3 is 24.7 Å². The number of nitrogens with one attached hydrogen (secondary N) is 1. The van der Waals surface area contributed by atoms with Gasteiger partial charge in [0.15, 0.2) is 11.5 Å². The van der Waals surface area contributed by atoms with Gasteiger partial charge in [0.2, 0.25) is 0 Å². The first-order chi connectivity index (χ1) is 18.0. The third-order valence-corrected chi connectivity index (χ3v) is 8.12. The number of rotatable bonds is 10. The van der Waals surface area contributed by atoms with Gasteiger partial charge in [0.25, 0.3) is 0 Å². The van der Waals surface area contributed by atoms with Crippen LogP contribution in [0.4, 0.5) is 10.2 Å². The minimum absolute atomic E-state index is 0.158. The second-order valence-electron chi connectivity index (χ2n) is 9.57. The average Bonchev–Trinajstić information content (AvgIpc) is 3.37. The van der Waals surface area contributed by atoms with Crippen molar-refractivity contribution < 1.29 is 32.6 Å². The second-order valence-corrected chi connectivity index (χ2v) is 11.3. The molecule has 3 aromatic rings. The zero-order chi connectivity index (χ0) is 27.6. The maximum atomic E-state index is 15.5. The fraction of sp³-hybridized carbons (Fsp3) is 0.500. The molecule has 14 heteroatoms. The molecule has 1 saturated carbocycles. The van der Waals surface area contributed by atoms with E-state index in [0.29, 0.717) is 11.2 Å². The summed E-state index contributed by atoms with van der Waals surface area (Å²) in [5, 5.41) is 13.4. The molecule has 0 spiro atoms. The Morgan fingerprint density at radius 2 is 1.95 bits per heavy atom. The molecule has 0 amide bonds. The molecule has 1 aliphatic rings. The smallest absolute Gasteiger partial charge is 0.459 e. The number of aliphatic hydroxyl groups excluding tert-OH is 1. The van der Waals surface area contributed by atoms with Crippen LogP contribution in [0.3, 0.4) is 0 Å². The minimum atomic E-state index is -4.19. The molecule has 0 unspecified atom stereocenters. The fourth-order valence-corrected chi connectivity index (χ4v) is 6.08. The molecule has 2 heterocycles. The Bertz CT molecular complexity index is 1310. The Kier molecular flexibility index (Phi) is 8.31. The normalized spacial score (nSPS) is 25.8. The average molecular weight is 551 g/mol. The number of halogens is 1. The zero-order valence-electron chi connectivity index (χ0n) is 21.5. The summed E-state index contributed by atoms with van der Waals surface area (Å²) in [6.07, 6.45) is -0.856. The van der Waals surface area contributed by atoms with Crippen LogP contribution < -0.4 is 15.3 Å². The molecule has 7 atom stereocenters. The van der Waals surface area contributed by atoms with Crippen LogP contribution in [-0.4, -0.2) is 61.6 Å². The molecule has 0 aliphatic heterocycles. The van der Waals surface area contributed by atoms with Crippen molar-refractivity contribution in [2.75, 3.05) is 12.3 Å². The number of nitrogens with two attached hydrogens (primary N) is 1. The number of esters is 1. The lowest BCUT2D eigenvalue weighted by Gasteiger charge is -2.26. The number of para-hydroxylation sites is 1. The van der Waals surface area contributed by atoms with Crippen LogP contribution in [0.1, 0.15) is 33.7 Å². The van der Waals surface area contributed by atoms with E-state index in [1.807, 2.05) is 0 Å². The lowest BCUT2D eigenvalue weighted by molar-refractivity contribution is -0.149. The number of anilines is 1. The van der Waals surface area contributed by atoms with Crippen molar-refractivity contribution in [2.24, 2.45) is 11.8 Å². The van der Waals surface area contributed by atoms with E-state index in [-0.39, 0.29) is 24.3 Å². The Balaban J connectivity index is 1.54. The summed E-state index contributed by atoms with van der Waals surface area (Å²) in [6, 6.07) is 6.39. The molecular weight excluding hydrogens is 518 g/mol. The number of aliphatic hydroxyl groups is 1. The predicted octanol–water partition coefficient (Wildman–Crippen LogP) is 3.05. The number of hydrogen-bond donors (Lipinski definition) is 3. The lowest BCUT2D eigenvalue weighted by Crippen LogP contribution is -2.37. The highest BCUT2D eigenvalue weighted by atomic mass is 31.2. The fourth-order valence-electron chi connectivity index (χ4n) is 4.56. The molecule has 4 rings (SSSR count). The number of ether oxygens (including phenoxy) is 1. The van der Waals surface area contributed by atoms with E-state index in [1.54, 1.807) is 51.1 Å². The van der Waals surface area contributed by atoms with E-state index in [0.717, 1.165) is 0 Å². The number of carbonyl (C=O) groups is 1. The maximum absolute atomic E-state index is 15.5. The number of benzene rings is 1. The number of fused-ring (bicyclic) bond motifs is 1. The number of imidazole rings is 1. The molecule has 2 aromatic heterocycles. The van der Waals surface area contributed by atoms with Gasteiger partial charge in [-0.25, -0.2) is 23.9 Å². The summed E-state index contributed by atoms with van der Waals surface area (Å²) in [5.41, 5.74) is 6.53. The highest BCUT2D eigenvalue weighted by Gasteiger charge is 2.51. The molecule has 1 aromatic carbocycles. The molecule has 0 bridgehead atoms. The van der Waals surface area contributed by atoms with Crippen molar-refractivity contribution in [2.45, 2.75) is 58.2 Å². The molecule has 1 fully saturated rings. The summed E-state index contributed by atoms with van der Waals surface area (Å²) in [4.78, 5) is 24.6. The van der Waals surface area contributed by atoms with Crippen molar-refractivity contribution in [3.8, 4) is 5.75 Å². The van der Waals surface area contributed by atoms with E-state index in [4.69, 9.17) is 19.5 Å². The van der Waals surface area contributed by atoms with Crippen molar-refractivity contribution in [3.05, 3.63) is 43.0 Å². The van der Waals surface area contributed by atoms with Gasteiger partial charge in [0.05, 0.1) is 31.2 Å². The van der Waals surface area contributed by atoms with E-state index < -0.39 is 49.9 Å². The molecule has 1 aliphatic carbocycles. The molecule has 12 nitrogen and oxygen atoms in total. The molecule has 4 N–H and O–H groups in total. The van der Waals surface area contributed by atoms with Crippen molar-refractivity contribution in [1.82, 2.24) is 24.6 Å². The molecule has 38 heavy (non-hydrogen) atoms. The van der Waals surface area contributed by atoms with E-state index >= 15 is 4.39 Å². The van der Waals surface area contributed by atoms with E-state index in [9.17, 15) is 14.5 Å². The first-order valence-electron chi connectivity index (χ1n) is 12.2. The standard InChI is InChI=1S/C24H32FN6O6P/c1-13(2)36-24(33)15(4)30-38(34,37-16-8-6-5-7-9-16)35-10-17-14(3)20(18(25)21(17)32)31-12-29-19-22(26)27-11-28-23(19)31/h5-9,11-15,17-18,20-21,32H,10H2,1-4H3,(H,30,34)(H2,26,27,28)/t14-,15-,17-,18-,20+,21+,38-/m0/s1. The molecule has 0 saturated heterocycles. The van der Waals surface area contributed by atoms with Crippen LogP contribution >= 0.6 is 7.75 Å². The number of alkyl halides is 1. The van der Waals surface area contributed by atoms with Crippen LogP contribution in [0, 0.1) is 11.8 Å². The Morgan fingerprint density at radius 3 is 2.63 bits per heavy atom. The zero-order valence-corrected chi connectivity index (χ0v) is 22.4. The monoisotopic (exact) mass is 550 g/mol. The summed E-state index contributed by atoms with van der Waals surface area (Å²) in [6.45, 7) is 6.27. The lowest BCUT2D eigenvalue weighted by atomic mass is 9.95. The summed E-state index contributed by atoms with van der Waals surface area (Å²) in [5.74, 6) is -1.53. The van der Waals surface area contributed by atoms with Crippen molar-refractivity contribution in [3.63, 3.8) is 0 Å². The number of carbonyl (C=O) groups excluding carboxylic acids is 1. The van der Waals surface area contributed by atoms with Gasteiger partial charge in [0, 0.05) is 5.92 Å². The first kappa shape index (κ1) is 27.9. The first-order valence-corrected chi connectivity index (χ1v) is 13.8. The van der Waals surface area contributed by atoms with Gasteiger partial charge in [-0.05, 0) is 38.8 Å². The number of hydrogen-bond acceptors (Lipinski definition) is 10. The Hall–Kier alpha value is -3.12. The third kappa shape index (κ3) is 5.80. The summed E-state index contributed by atoms with van der Waals surface area (Å²) >= 11 is 0. The minimum Gasteiger partial charge on any atom is -0.462 e. The van der Waals surface area contributed by atoms with Gasteiger partial charge in [0.1, 0.15) is 29.8 Å². The van der Waals surface area contributed by atoms with Crippen LogP contribution in [0.15, 0.2) is 43.0 Å². The Morgan fingerprint density at radius 1 is 1.24 bits per heavy atom. The van der Waals surface area contributed by atoms with Crippen LogP contribution in [0.2, 0.25) is 0 Å². The number of nitrogens with zero attached hydrogens (tertiary/aromatic N) is 4. The molecular formula is C24H32FN6O6P. The van der Waals surface area contributed by atoms with Gasteiger partial charge in [-0.1, -0.05) is 25.1 Å². The second kappa shape index (κ2) is 11.3. The van der Waals surface area contributed by atoms with Crippen LogP contribution in [0.25, 0.3) is 11.2 Å². The number of aromatic nitrogens is 4. The highest BCUT2D eigenvalue weighted by Crippen LogP contribution is 2.49. The number of nitrogen functional groups attached to an aromatic ring is 1. The van der Waals surface area contributed by atoms with Gasteiger partial charge in [-0.3, -0.25) is 9.32 Å². The van der Waals surface area contributed by atoms with E-state index in [1.165, 1.54) is 24.1 Å².